The van der Waals surface area contributed by atoms with Crippen LogP contribution in [0, 0.1) is 0 Å². The lowest BCUT2D eigenvalue weighted by Gasteiger charge is -2.36. The summed E-state index contributed by atoms with van der Waals surface area (Å²) in [6, 6.07) is 0. The van der Waals surface area contributed by atoms with E-state index >= 15 is 0 Å². The van der Waals surface area contributed by atoms with Crippen molar-refractivity contribution >= 4 is 15.9 Å². The third-order valence-electron chi connectivity index (χ3n) is 3.40. The minimum atomic E-state index is -2.87. The minimum absolute atomic E-state index is 0.208. The van der Waals surface area contributed by atoms with Gasteiger partial charge in [0.15, 0.2) is 8.32 Å². The van der Waals surface area contributed by atoms with Crippen LogP contribution in [0.15, 0.2) is 0 Å². The predicted molar refractivity (Wildman–Crippen MR) is 74.3 cm³/mol. The third kappa shape index (κ3) is 5.66. The van der Waals surface area contributed by atoms with Crippen molar-refractivity contribution in [3.63, 3.8) is 0 Å². The average molecular weight is 282 g/mol. The molecule has 0 aromatic rings. The lowest BCUT2D eigenvalue weighted by atomic mass is 10.2. The summed E-state index contributed by atoms with van der Waals surface area (Å²) in [5.74, 6) is 0. The van der Waals surface area contributed by atoms with E-state index in [1.165, 1.54) is 14.2 Å². The summed E-state index contributed by atoms with van der Waals surface area (Å²) in [5.41, 5.74) is 0. The highest BCUT2D eigenvalue weighted by atomic mass is 31.2. The van der Waals surface area contributed by atoms with Crippen LogP contribution < -0.4 is 0 Å². The van der Waals surface area contributed by atoms with Crippen LogP contribution in [0.2, 0.25) is 18.1 Å². The molecule has 0 saturated heterocycles. The molecule has 0 aliphatic rings. The Kier molecular flexibility index (Phi) is 6.61. The largest absolute Gasteiger partial charge is 0.417 e. The predicted octanol–water partition coefficient (Wildman–Crippen LogP) is 3.88. The van der Waals surface area contributed by atoms with Crippen molar-refractivity contribution < 1.29 is 18.0 Å². The first-order valence-corrected chi connectivity index (χ1v) is 10.6. The Labute approximate surface area is 107 Å². The van der Waals surface area contributed by atoms with Crippen LogP contribution >= 0.6 is 7.60 Å². The van der Waals surface area contributed by atoms with E-state index in [0.29, 0.717) is 19.2 Å². The first-order valence-electron chi connectivity index (χ1n) is 5.92. The van der Waals surface area contributed by atoms with Gasteiger partial charge in [-0.25, -0.2) is 0 Å². The Morgan fingerprint density at radius 2 is 1.59 bits per heavy atom. The second-order valence-corrected chi connectivity index (χ2v) is 12.9. The van der Waals surface area contributed by atoms with Gasteiger partial charge in [-0.05, 0) is 24.6 Å². The van der Waals surface area contributed by atoms with Crippen molar-refractivity contribution in [2.24, 2.45) is 0 Å². The van der Waals surface area contributed by atoms with E-state index in [1.54, 1.807) is 0 Å². The fourth-order valence-corrected chi connectivity index (χ4v) is 3.18. The molecule has 0 aromatic carbocycles. The lowest BCUT2D eigenvalue weighted by Crippen LogP contribution is -2.41. The first kappa shape index (κ1) is 17.3. The topological polar surface area (TPSA) is 44.8 Å². The van der Waals surface area contributed by atoms with Crippen LogP contribution in [0.5, 0.6) is 0 Å². The maximum atomic E-state index is 11.8. The van der Waals surface area contributed by atoms with Gasteiger partial charge in [-0.3, -0.25) is 4.57 Å². The van der Waals surface area contributed by atoms with Crippen LogP contribution in [0.4, 0.5) is 0 Å². The van der Waals surface area contributed by atoms with E-state index < -0.39 is 15.9 Å². The lowest BCUT2D eigenvalue weighted by molar-refractivity contribution is 0.260. The molecular weight excluding hydrogens is 255 g/mol. The molecule has 0 heterocycles. The highest BCUT2D eigenvalue weighted by molar-refractivity contribution is 7.53. The molecule has 4 nitrogen and oxygen atoms in total. The van der Waals surface area contributed by atoms with E-state index in [9.17, 15) is 4.57 Å². The second kappa shape index (κ2) is 6.48. The van der Waals surface area contributed by atoms with Crippen molar-refractivity contribution in [1.82, 2.24) is 0 Å². The maximum Gasteiger partial charge on any atom is 0.330 e. The molecule has 104 valence electrons. The van der Waals surface area contributed by atoms with Gasteiger partial charge in [0.1, 0.15) is 0 Å². The van der Waals surface area contributed by atoms with Crippen LogP contribution in [-0.2, 0) is 18.0 Å². The quantitative estimate of drug-likeness (QED) is 0.404. The molecule has 0 unspecified atom stereocenters. The van der Waals surface area contributed by atoms with Gasteiger partial charge in [-0.1, -0.05) is 20.8 Å². The first-order chi connectivity index (χ1) is 7.58. The monoisotopic (exact) mass is 282 g/mol. The molecule has 0 N–H and O–H groups in total. The summed E-state index contributed by atoms with van der Waals surface area (Å²) in [6.07, 6.45) is 1.11. The van der Waals surface area contributed by atoms with E-state index in [-0.39, 0.29) is 5.04 Å². The van der Waals surface area contributed by atoms with Gasteiger partial charge in [-0.2, -0.15) is 0 Å². The smallest absolute Gasteiger partial charge is 0.330 e. The minimum Gasteiger partial charge on any atom is -0.417 e. The SMILES string of the molecule is COP(=O)(CCCO[Si](C)(C)C(C)(C)C)OC. The Balaban J connectivity index is 4.06. The number of hydrogen-bond acceptors (Lipinski definition) is 4. The van der Waals surface area contributed by atoms with Gasteiger partial charge < -0.3 is 13.5 Å². The molecule has 0 spiro atoms. The van der Waals surface area contributed by atoms with Gasteiger partial charge in [0.05, 0.1) is 6.16 Å². The van der Waals surface area contributed by atoms with Gasteiger partial charge in [0.25, 0.3) is 0 Å². The molecule has 0 aliphatic heterocycles. The maximum absolute atomic E-state index is 11.8. The zero-order valence-electron chi connectivity index (χ0n) is 12.2. The molecule has 0 atom stereocenters. The van der Waals surface area contributed by atoms with Crippen LogP contribution in [0.3, 0.4) is 0 Å². The highest BCUT2D eigenvalue weighted by Crippen LogP contribution is 2.46. The zero-order chi connectivity index (χ0) is 13.7. The molecule has 0 aliphatic carbocycles. The Morgan fingerprint density at radius 3 is 1.94 bits per heavy atom. The van der Waals surface area contributed by atoms with Gasteiger partial charge >= 0.3 is 7.60 Å². The molecule has 0 bridgehead atoms. The van der Waals surface area contributed by atoms with Crippen molar-refractivity contribution in [1.29, 1.82) is 0 Å². The van der Waals surface area contributed by atoms with Crippen LogP contribution in [-0.4, -0.2) is 35.3 Å². The van der Waals surface area contributed by atoms with Crippen molar-refractivity contribution in [2.75, 3.05) is 27.0 Å². The Hall–Kier alpha value is 0.327. The summed E-state index contributed by atoms with van der Waals surface area (Å²) >= 11 is 0. The van der Waals surface area contributed by atoms with Gasteiger partial charge in [0, 0.05) is 20.8 Å². The normalized spacial score (nSPS) is 14.1. The molecule has 0 fully saturated rings. The fraction of sp³-hybridized carbons (Fsp3) is 1.00. The molecule has 0 saturated carbocycles. The number of hydrogen-bond donors (Lipinski definition) is 0. The highest BCUT2D eigenvalue weighted by Gasteiger charge is 2.37. The molecule has 6 heteroatoms. The summed E-state index contributed by atoms with van der Waals surface area (Å²) in [4.78, 5) is 0. The second-order valence-electron chi connectivity index (χ2n) is 5.66. The molecule has 0 rings (SSSR count). The summed E-state index contributed by atoms with van der Waals surface area (Å²) in [7, 11) is -1.73. The van der Waals surface area contributed by atoms with Crippen LogP contribution in [0.1, 0.15) is 27.2 Å². The average Bonchev–Trinajstić information content (AvgIpc) is 2.22. The standard InChI is InChI=1S/C11H27O4PSi/c1-11(2,3)17(6,7)15-9-8-10-16(12,13-4)14-5/h8-10H2,1-7H3. The van der Waals surface area contributed by atoms with Gasteiger partial charge in [-0.15, -0.1) is 0 Å². The Morgan fingerprint density at radius 1 is 1.12 bits per heavy atom. The summed E-state index contributed by atoms with van der Waals surface area (Å²) in [6.45, 7) is 11.6. The number of rotatable bonds is 7. The van der Waals surface area contributed by atoms with E-state index in [2.05, 4.69) is 33.9 Å². The van der Waals surface area contributed by atoms with Gasteiger partial charge in [0.2, 0.25) is 0 Å². The van der Waals surface area contributed by atoms with Crippen molar-refractivity contribution in [3.05, 3.63) is 0 Å². The fourth-order valence-electron chi connectivity index (χ4n) is 1.06. The molecule has 0 radical (unpaired) electrons. The summed E-state index contributed by atoms with van der Waals surface area (Å²) in [5, 5.41) is 0.208. The molecular formula is C11H27O4PSi. The molecule has 0 aromatic heterocycles. The Bertz CT molecular complexity index is 265. The van der Waals surface area contributed by atoms with Crippen molar-refractivity contribution in [3.8, 4) is 0 Å². The summed E-state index contributed by atoms with van der Waals surface area (Å²) < 4.78 is 27.5. The molecule has 17 heavy (non-hydrogen) atoms. The van der Waals surface area contributed by atoms with E-state index in [0.717, 1.165) is 0 Å². The van der Waals surface area contributed by atoms with E-state index in [1.807, 2.05) is 0 Å². The van der Waals surface area contributed by atoms with E-state index in [4.69, 9.17) is 13.5 Å². The third-order valence-corrected chi connectivity index (χ3v) is 9.92. The van der Waals surface area contributed by atoms with Crippen LogP contribution in [0.25, 0.3) is 0 Å². The van der Waals surface area contributed by atoms with Crippen molar-refractivity contribution in [2.45, 2.75) is 45.3 Å². The molecule has 0 amide bonds. The zero-order valence-corrected chi connectivity index (χ0v) is 14.1.